The van der Waals surface area contributed by atoms with Crippen LogP contribution in [0.1, 0.15) is 23.9 Å². The van der Waals surface area contributed by atoms with Crippen molar-refractivity contribution >= 4 is 5.96 Å². The van der Waals surface area contributed by atoms with Gasteiger partial charge in [0.15, 0.2) is 5.96 Å². The summed E-state index contributed by atoms with van der Waals surface area (Å²) < 4.78 is 16.1. The number of aliphatic imine (C=N–C) groups is 1. The van der Waals surface area contributed by atoms with E-state index in [4.69, 9.17) is 14.0 Å². The number of hydrogen-bond acceptors (Lipinski definition) is 5. The quantitative estimate of drug-likeness (QED) is 0.617. The van der Waals surface area contributed by atoms with E-state index in [1.54, 1.807) is 0 Å². The molecular formula is C14H24N4O3. The van der Waals surface area contributed by atoms with Gasteiger partial charge in [0.2, 0.25) is 0 Å². The summed E-state index contributed by atoms with van der Waals surface area (Å²) in [6.45, 7) is 9.83. The standard InChI is InChI=1S/C14H24N4O3/c1-4-15-14(16-7-12-9-19-5-6-20-12)17-8-13-10(2)18-21-11(13)3/h12H,4-9H2,1-3H3,(H2,15,16,17). The zero-order chi connectivity index (χ0) is 15.1. The molecule has 1 unspecified atom stereocenters. The highest BCUT2D eigenvalue weighted by Gasteiger charge is 2.14. The van der Waals surface area contributed by atoms with Gasteiger partial charge in [-0.15, -0.1) is 0 Å². The van der Waals surface area contributed by atoms with Crippen LogP contribution in [0.15, 0.2) is 9.52 Å². The van der Waals surface area contributed by atoms with Crippen LogP contribution in [0.2, 0.25) is 0 Å². The Morgan fingerprint density at radius 1 is 1.33 bits per heavy atom. The summed E-state index contributed by atoms with van der Waals surface area (Å²) in [6.07, 6.45) is 0.0710. The summed E-state index contributed by atoms with van der Waals surface area (Å²) in [5.41, 5.74) is 1.92. The van der Waals surface area contributed by atoms with E-state index in [1.165, 1.54) is 0 Å². The highest BCUT2D eigenvalue weighted by molar-refractivity contribution is 5.79. The molecule has 0 aromatic carbocycles. The van der Waals surface area contributed by atoms with Crippen molar-refractivity contribution in [3.8, 4) is 0 Å². The second-order valence-electron chi connectivity index (χ2n) is 4.95. The minimum Gasteiger partial charge on any atom is -0.376 e. The fraction of sp³-hybridized carbons (Fsp3) is 0.714. The summed E-state index contributed by atoms with van der Waals surface area (Å²) >= 11 is 0. The van der Waals surface area contributed by atoms with Gasteiger partial charge < -0.3 is 24.6 Å². The predicted molar refractivity (Wildman–Crippen MR) is 79.4 cm³/mol. The minimum absolute atomic E-state index is 0.0710. The molecule has 0 bridgehead atoms. The maximum absolute atomic E-state index is 5.60. The first-order valence-electron chi connectivity index (χ1n) is 7.34. The number of nitrogens with zero attached hydrogens (tertiary/aromatic N) is 2. The Bertz CT molecular complexity index is 447. The average molecular weight is 296 g/mol. The largest absolute Gasteiger partial charge is 0.376 e. The zero-order valence-electron chi connectivity index (χ0n) is 12.9. The van der Waals surface area contributed by atoms with Gasteiger partial charge in [0.25, 0.3) is 0 Å². The second kappa shape index (κ2) is 7.99. The molecule has 2 heterocycles. The van der Waals surface area contributed by atoms with E-state index in [1.807, 2.05) is 20.8 Å². The Labute approximate surface area is 125 Å². The fourth-order valence-corrected chi connectivity index (χ4v) is 2.09. The summed E-state index contributed by atoms with van der Waals surface area (Å²) in [5, 5.41) is 10.4. The van der Waals surface area contributed by atoms with Crippen molar-refractivity contribution in [2.75, 3.05) is 32.9 Å². The summed E-state index contributed by atoms with van der Waals surface area (Å²) in [6, 6.07) is 0. The molecule has 1 aromatic rings. The van der Waals surface area contributed by atoms with Gasteiger partial charge in [-0.25, -0.2) is 4.99 Å². The first kappa shape index (κ1) is 15.8. The van der Waals surface area contributed by atoms with E-state index in [0.29, 0.717) is 32.9 Å². The van der Waals surface area contributed by atoms with Crippen LogP contribution in [0, 0.1) is 13.8 Å². The van der Waals surface area contributed by atoms with E-state index in [9.17, 15) is 0 Å². The molecule has 0 amide bonds. The van der Waals surface area contributed by atoms with Gasteiger partial charge >= 0.3 is 0 Å². The molecule has 2 N–H and O–H groups in total. The van der Waals surface area contributed by atoms with E-state index in [-0.39, 0.29) is 6.10 Å². The van der Waals surface area contributed by atoms with Gasteiger partial charge in [0, 0.05) is 18.7 Å². The molecule has 2 rings (SSSR count). The van der Waals surface area contributed by atoms with Crippen LogP contribution in [-0.2, 0) is 16.0 Å². The molecule has 21 heavy (non-hydrogen) atoms. The van der Waals surface area contributed by atoms with Gasteiger partial charge in [-0.05, 0) is 20.8 Å². The molecule has 1 atom stereocenters. The average Bonchev–Trinajstić information content (AvgIpc) is 2.82. The number of aromatic nitrogens is 1. The smallest absolute Gasteiger partial charge is 0.191 e. The Balaban J connectivity index is 1.89. The molecule has 1 aromatic heterocycles. The molecule has 1 fully saturated rings. The molecular weight excluding hydrogens is 272 g/mol. The minimum atomic E-state index is 0.0710. The molecule has 0 radical (unpaired) electrons. The van der Waals surface area contributed by atoms with Gasteiger partial charge in [-0.2, -0.15) is 0 Å². The number of ether oxygens (including phenoxy) is 2. The highest BCUT2D eigenvalue weighted by atomic mass is 16.6. The lowest BCUT2D eigenvalue weighted by Gasteiger charge is -2.24. The van der Waals surface area contributed by atoms with Crippen LogP contribution in [-0.4, -0.2) is 50.1 Å². The third kappa shape index (κ3) is 4.71. The lowest BCUT2D eigenvalue weighted by Crippen LogP contribution is -2.44. The molecule has 0 saturated carbocycles. The molecule has 118 valence electrons. The van der Waals surface area contributed by atoms with Crippen LogP contribution < -0.4 is 10.6 Å². The maximum Gasteiger partial charge on any atom is 0.191 e. The summed E-state index contributed by atoms with van der Waals surface area (Å²) in [7, 11) is 0. The monoisotopic (exact) mass is 296 g/mol. The van der Waals surface area contributed by atoms with E-state index < -0.39 is 0 Å². The second-order valence-corrected chi connectivity index (χ2v) is 4.95. The topological polar surface area (TPSA) is 80.9 Å². The molecule has 1 aliphatic heterocycles. The highest BCUT2D eigenvalue weighted by Crippen LogP contribution is 2.12. The third-order valence-electron chi connectivity index (χ3n) is 3.30. The fourth-order valence-electron chi connectivity index (χ4n) is 2.09. The maximum atomic E-state index is 5.60. The predicted octanol–water partition coefficient (Wildman–Crippen LogP) is 0.762. The van der Waals surface area contributed by atoms with Gasteiger partial charge in [0.05, 0.1) is 38.2 Å². The van der Waals surface area contributed by atoms with Crippen molar-refractivity contribution < 1.29 is 14.0 Å². The Hall–Kier alpha value is -1.60. The summed E-state index contributed by atoms with van der Waals surface area (Å²) in [4.78, 5) is 4.56. The van der Waals surface area contributed by atoms with Crippen molar-refractivity contribution in [3.05, 3.63) is 17.0 Å². The van der Waals surface area contributed by atoms with Crippen molar-refractivity contribution in [1.82, 2.24) is 15.8 Å². The first-order valence-corrected chi connectivity index (χ1v) is 7.34. The first-order chi connectivity index (χ1) is 10.2. The number of hydrogen-bond donors (Lipinski definition) is 2. The van der Waals surface area contributed by atoms with Crippen LogP contribution in [0.5, 0.6) is 0 Å². The molecule has 1 saturated heterocycles. The van der Waals surface area contributed by atoms with Crippen molar-refractivity contribution in [3.63, 3.8) is 0 Å². The lowest BCUT2D eigenvalue weighted by atomic mass is 10.2. The molecule has 7 heteroatoms. The summed E-state index contributed by atoms with van der Waals surface area (Å²) in [5.74, 6) is 1.57. The Kier molecular flexibility index (Phi) is 6.01. The van der Waals surface area contributed by atoms with Gasteiger partial charge in [-0.1, -0.05) is 5.16 Å². The van der Waals surface area contributed by atoms with Crippen LogP contribution >= 0.6 is 0 Å². The van der Waals surface area contributed by atoms with Gasteiger partial charge in [-0.3, -0.25) is 0 Å². The molecule has 1 aliphatic rings. The van der Waals surface area contributed by atoms with Gasteiger partial charge in [0.1, 0.15) is 5.76 Å². The van der Waals surface area contributed by atoms with E-state index in [2.05, 4.69) is 20.8 Å². The van der Waals surface area contributed by atoms with E-state index in [0.717, 1.165) is 29.5 Å². The number of aryl methyl sites for hydroxylation is 2. The normalized spacial score (nSPS) is 19.6. The van der Waals surface area contributed by atoms with Crippen molar-refractivity contribution in [1.29, 1.82) is 0 Å². The Morgan fingerprint density at radius 2 is 2.19 bits per heavy atom. The third-order valence-corrected chi connectivity index (χ3v) is 3.30. The van der Waals surface area contributed by atoms with Crippen LogP contribution in [0.3, 0.4) is 0 Å². The van der Waals surface area contributed by atoms with Crippen LogP contribution in [0.4, 0.5) is 0 Å². The number of nitrogens with one attached hydrogen (secondary N) is 2. The molecule has 0 spiro atoms. The molecule has 0 aliphatic carbocycles. The number of rotatable bonds is 5. The lowest BCUT2D eigenvalue weighted by molar-refractivity contribution is -0.0850. The van der Waals surface area contributed by atoms with Crippen molar-refractivity contribution in [2.45, 2.75) is 33.4 Å². The number of guanidine groups is 1. The van der Waals surface area contributed by atoms with E-state index >= 15 is 0 Å². The Morgan fingerprint density at radius 3 is 2.81 bits per heavy atom. The van der Waals surface area contributed by atoms with Crippen LogP contribution in [0.25, 0.3) is 0 Å². The zero-order valence-corrected chi connectivity index (χ0v) is 12.9. The van der Waals surface area contributed by atoms with Crippen molar-refractivity contribution in [2.24, 2.45) is 4.99 Å². The SMILES string of the molecule is CCNC(=NCc1c(C)noc1C)NCC1COCCO1. The molecule has 7 nitrogen and oxygen atoms in total.